The first-order chi connectivity index (χ1) is 18.3. The van der Waals surface area contributed by atoms with Gasteiger partial charge in [0.2, 0.25) is 5.91 Å². The van der Waals surface area contributed by atoms with Crippen molar-refractivity contribution >= 4 is 28.8 Å². The van der Waals surface area contributed by atoms with Crippen LogP contribution in [0.15, 0.2) is 76.7 Å². The van der Waals surface area contributed by atoms with Gasteiger partial charge in [-0.15, -0.1) is 11.3 Å². The Morgan fingerprint density at radius 2 is 1.89 bits per heavy atom. The molecule has 0 radical (unpaired) electrons. The van der Waals surface area contributed by atoms with Gasteiger partial charge in [0.1, 0.15) is 12.3 Å². The lowest BCUT2D eigenvalue weighted by Gasteiger charge is -2.38. The van der Waals surface area contributed by atoms with Crippen molar-refractivity contribution in [2.75, 3.05) is 13.1 Å². The summed E-state index contributed by atoms with van der Waals surface area (Å²) in [5, 5.41) is 13.5. The molecule has 194 valence electrons. The summed E-state index contributed by atoms with van der Waals surface area (Å²) in [5.41, 5.74) is 3.72. The fourth-order valence-electron chi connectivity index (χ4n) is 4.98. The van der Waals surface area contributed by atoms with Crippen molar-refractivity contribution in [3.63, 3.8) is 0 Å². The first kappa shape index (κ1) is 25.4. The van der Waals surface area contributed by atoms with E-state index in [9.17, 15) is 19.7 Å². The van der Waals surface area contributed by atoms with Crippen LogP contribution in [-0.2, 0) is 17.8 Å². The number of benzene rings is 2. The largest absolute Gasteiger partial charge is 0.467 e. The number of amides is 2. The number of carbonyl (C=O) groups excluding carboxylic acids is 2. The number of thiophene rings is 1. The number of furan rings is 1. The predicted molar refractivity (Wildman–Crippen MR) is 144 cm³/mol. The van der Waals surface area contributed by atoms with E-state index in [-0.39, 0.29) is 36.3 Å². The van der Waals surface area contributed by atoms with Crippen LogP contribution in [0.4, 0.5) is 5.69 Å². The first-order valence-corrected chi connectivity index (χ1v) is 13.2. The van der Waals surface area contributed by atoms with Crippen molar-refractivity contribution in [1.29, 1.82) is 0 Å². The second-order valence-electron chi connectivity index (χ2n) is 9.39. The van der Waals surface area contributed by atoms with Gasteiger partial charge in [0.25, 0.3) is 11.6 Å². The van der Waals surface area contributed by atoms with Crippen LogP contribution < -0.4 is 0 Å². The molecule has 0 N–H and O–H groups in total. The fraction of sp³-hybridized carbons (Fsp3) is 0.241. The zero-order valence-corrected chi connectivity index (χ0v) is 21.9. The lowest BCUT2D eigenvalue weighted by molar-refractivity contribution is -0.385. The molecule has 0 unspecified atom stereocenters. The normalized spacial score (nSPS) is 14.7. The highest BCUT2D eigenvalue weighted by Gasteiger charge is 2.35. The van der Waals surface area contributed by atoms with E-state index in [4.69, 9.17) is 4.42 Å². The molecular formula is C29H27N3O5S. The molecule has 38 heavy (non-hydrogen) atoms. The minimum Gasteiger partial charge on any atom is -0.467 e. The van der Waals surface area contributed by atoms with Crippen LogP contribution in [0.3, 0.4) is 0 Å². The first-order valence-electron chi connectivity index (χ1n) is 12.3. The van der Waals surface area contributed by atoms with E-state index < -0.39 is 10.8 Å². The molecule has 2 aromatic carbocycles. The molecular weight excluding hydrogens is 502 g/mol. The van der Waals surface area contributed by atoms with Crippen LogP contribution in [0.1, 0.15) is 49.3 Å². The topological polar surface area (TPSA) is 96.9 Å². The van der Waals surface area contributed by atoms with E-state index in [1.807, 2.05) is 36.1 Å². The Bertz CT molecular complexity index is 1490. The van der Waals surface area contributed by atoms with Gasteiger partial charge in [-0.2, -0.15) is 0 Å². The highest BCUT2D eigenvalue weighted by molar-refractivity contribution is 7.10. The molecule has 0 fully saturated rings. The number of nitro benzene ring substituents is 1. The molecule has 9 heteroatoms. The SMILES string of the molecule is Cc1ccccc1[C@H]1c2ccsc2CCN1C(=O)CN(Cc1ccco1)C(=O)c1ccc(C)c([N+](=O)[O-])c1. The Morgan fingerprint density at radius 3 is 2.63 bits per heavy atom. The number of fused-ring (bicyclic) bond motifs is 1. The van der Waals surface area contributed by atoms with E-state index in [0.29, 0.717) is 17.9 Å². The molecule has 3 heterocycles. The van der Waals surface area contributed by atoms with Crippen LogP contribution in [-0.4, -0.2) is 39.6 Å². The number of rotatable bonds is 7. The average Bonchev–Trinajstić information content (AvgIpc) is 3.60. The standard InChI is InChI=1S/C29H27N3O5S/c1-19-6-3-4-8-23(19)28-24-12-15-38-26(24)11-13-31(28)27(33)18-30(17-22-7-5-14-37-22)29(34)21-10-9-20(2)25(16-21)32(35)36/h3-10,12,14-16,28H,11,13,17-18H2,1-2H3/t28-/m0/s1. The minimum atomic E-state index is -0.507. The van der Waals surface area contributed by atoms with E-state index in [1.165, 1.54) is 22.1 Å². The third-order valence-electron chi connectivity index (χ3n) is 6.96. The van der Waals surface area contributed by atoms with Gasteiger partial charge in [0.15, 0.2) is 0 Å². The Kier molecular flexibility index (Phi) is 7.11. The molecule has 2 aromatic heterocycles. The van der Waals surface area contributed by atoms with Crippen molar-refractivity contribution in [2.45, 2.75) is 32.9 Å². The van der Waals surface area contributed by atoms with E-state index in [2.05, 4.69) is 11.4 Å². The molecule has 4 aromatic rings. The lowest BCUT2D eigenvalue weighted by Crippen LogP contribution is -2.46. The Labute approximate surface area is 224 Å². The Hall–Kier alpha value is -4.24. The van der Waals surface area contributed by atoms with Crippen LogP contribution in [0.2, 0.25) is 0 Å². The van der Waals surface area contributed by atoms with E-state index >= 15 is 0 Å². The third-order valence-corrected chi connectivity index (χ3v) is 7.96. The van der Waals surface area contributed by atoms with Crippen molar-refractivity contribution in [1.82, 2.24) is 9.80 Å². The van der Waals surface area contributed by atoms with Gasteiger partial charge in [0.05, 0.1) is 23.8 Å². The van der Waals surface area contributed by atoms with Crippen molar-refractivity contribution < 1.29 is 18.9 Å². The minimum absolute atomic E-state index is 0.0613. The fourth-order valence-corrected chi connectivity index (χ4v) is 5.88. The maximum atomic E-state index is 13.9. The van der Waals surface area contributed by atoms with Gasteiger partial charge in [-0.1, -0.05) is 30.3 Å². The molecule has 8 nitrogen and oxygen atoms in total. The van der Waals surface area contributed by atoms with Crippen molar-refractivity contribution in [3.05, 3.63) is 121 Å². The van der Waals surface area contributed by atoms with Gasteiger partial charge >= 0.3 is 0 Å². The number of hydrogen-bond donors (Lipinski definition) is 0. The molecule has 0 spiro atoms. The highest BCUT2D eigenvalue weighted by atomic mass is 32.1. The summed E-state index contributed by atoms with van der Waals surface area (Å²) in [4.78, 5) is 43.0. The molecule has 0 saturated heterocycles. The summed E-state index contributed by atoms with van der Waals surface area (Å²) in [6.45, 7) is 4.06. The smallest absolute Gasteiger partial charge is 0.273 e. The van der Waals surface area contributed by atoms with Crippen molar-refractivity contribution in [2.24, 2.45) is 0 Å². The molecule has 1 atom stereocenters. The number of hydrogen-bond acceptors (Lipinski definition) is 6. The summed E-state index contributed by atoms with van der Waals surface area (Å²) >= 11 is 1.70. The number of nitro groups is 1. The van der Waals surface area contributed by atoms with Crippen molar-refractivity contribution in [3.8, 4) is 0 Å². The van der Waals surface area contributed by atoms with Gasteiger partial charge in [-0.25, -0.2) is 0 Å². The monoisotopic (exact) mass is 529 g/mol. The lowest BCUT2D eigenvalue weighted by atomic mass is 9.90. The van der Waals surface area contributed by atoms with Crippen LogP contribution in [0.5, 0.6) is 0 Å². The second-order valence-corrected chi connectivity index (χ2v) is 10.4. The maximum Gasteiger partial charge on any atom is 0.273 e. The average molecular weight is 530 g/mol. The van der Waals surface area contributed by atoms with Gasteiger partial charge < -0.3 is 14.2 Å². The summed E-state index contributed by atoms with van der Waals surface area (Å²) in [7, 11) is 0. The van der Waals surface area contributed by atoms with Gasteiger partial charge in [-0.05, 0) is 66.6 Å². The molecule has 5 rings (SSSR count). The summed E-state index contributed by atoms with van der Waals surface area (Å²) < 4.78 is 5.47. The van der Waals surface area contributed by atoms with E-state index in [0.717, 1.165) is 23.1 Å². The Balaban J connectivity index is 1.48. The molecule has 0 aliphatic carbocycles. The van der Waals surface area contributed by atoms with E-state index in [1.54, 1.807) is 42.5 Å². The zero-order valence-electron chi connectivity index (χ0n) is 21.1. The maximum absolute atomic E-state index is 13.9. The van der Waals surface area contributed by atoms with Gasteiger partial charge in [0, 0.05) is 28.6 Å². The quantitative estimate of drug-likeness (QED) is 0.227. The molecule has 0 bridgehead atoms. The molecule has 1 aliphatic rings. The summed E-state index contributed by atoms with van der Waals surface area (Å²) in [5.74, 6) is -0.155. The summed E-state index contributed by atoms with van der Waals surface area (Å²) in [6, 6.07) is 17.7. The molecule has 1 aliphatic heterocycles. The number of aryl methyl sites for hydroxylation is 2. The number of carbonyl (C=O) groups is 2. The van der Waals surface area contributed by atoms with Crippen LogP contribution in [0.25, 0.3) is 0 Å². The highest BCUT2D eigenvalue weighted by Crippen LogP contribution is 2.39. The molecule has 0 saturated carbocycles. The summed E-state index contributed by atoms with van der Waals surface area (Å²) in [6.07, 6.45) is 2.25. The predicted octanol–water partition coefficient (Wildman–Crippen LogP) is 5.68. The zero-order chi connectivity index (χ0) is 26.8. The number of nitrogens with zero attached hydrogens (tertiary/aromatic N) is 3. The third kappa shape index (κ3) is 4.97. The van der Waals surface area contributed by atoms with Crippen LogP contribution in [0, 0.1) is 24.0 Å². The Morgan fingerprint density at radius 1 is 1.08 bits per heavy atom. The van der Waals surface area contributed by atoms with Crippen LogP contribution >= 0.6 is 11.3 Å². The van der Waals surface area contributed by atoms with Gasteiger partial charge in [-0.3, -0.25) is 19.7 Å². The molecule has 2 amide bonds. The second kappa shape index (κ2) is 10.6.